The molecule has 3 aromatic rings. The minimum atomic E-state index is -3.48. The number of hydrogen-bond acceptors (Lipinski definition) is 7. The number of sulfonamides is 1. The number of anilines is 2. The summed E-state index contributed by atoms with van der Waals surface area (Å²) in [4.78, 5) is 32.8. The molecule has 0 bridgehead atoms. The van der Waals surface area contributed by atoms with E-state index in [1.165, 1.54) is 17.0 Å². The first-order valence-electron chi connectivity index (χ1n) is 14.3. The second kappa shape index (κ2) is 12.9. The number of nitrogens with zero attached hydrogens (tertiary/aromatic N) is 3. The highest BCUT2D eigenvalue weighted by Crippen LogP contribution is 2.37. The number of fused-ring (bicyclic) bond motifs is 1. The van der Waals surface area contributed by atoms with Crippen LogP contribution in [0.15, 0.2) is 77.8 Å². The SMILES string of the molecule is CCOC(=O)c1ccc2c(c1)NC(=O)C2C(=Nc1ccc(N(CCN2CCCCC2)S(C)(=O)=O)cc1)c1ccccc1. The molecule has 42 heavy (non-hydrogen) atoms. The van der Waals surface area contributed by atoms with E-state index < -0.39 is 21.9 Å². The summed E-state index contributed by atoms with van der Waals surface area (Å²) in [5.74, 6) is -1.39. The monoisotopic (exact) mass is 588 g/mol. The number of esters is 1. The highest BCUT2D eigenvalue weighted by molar-refractivity contribution is 7.92. The molecule has 1 saturated heterocycles. The molecule has 5 rings (SSSR count). The molecule has 0 spiro atoms. The Morgan fingerprint density at radius 3 is 2.38 bits per heavy atom. The molecule has 1 N–H and O–H groups in total. The predicted molar refractivity (Wildman–Crippen MR) is 165 cm³/mol. The molecule has 10 heteroatoms. The summed E-state index contributed by atoms with van der Waals surface area (Å²) >= 11 is 0. The van der Waals surface area contributed by atoms with Gasteiger partial charge < -0.3 is 15.0 Å². The van der Waals surface area contributed by atoms with Crippen LogP contribution in [0.2, 0.25) is 0 Å². The van der Waals surface area contributed by atoms with Gasteiger partial charge in [0.25, 0.3) is 0 Å². The Balaban J connectivity index is 1.45. The summed E-state index contributed by atoms with van der Waals surface area (Å²) in [6.45, 7) is 5.05. The molecular formula is C32H36N4O5S. The van der Waals surface area contributed by atoms with E-state index in [9.17, 15) is 18.0 Å². The van der Waals surface area contributed by atoms with Crippen molar-refractivity contribution in [2.75, 3.05) is 48.7 Å². The fourth-order valence-corrected chi connectivity index (χ4v) is 6.43. The Morgan fingerprint density at radius 2 is 1.71 bits per heavy atom. The molecule has 2 heterocycles. The standard InChI is InChI=1S/C32H36N4O5S/c1-3-41-32(38)24-12-17-27-28(22-24)34-31(37)29(27)30(23-10-6-4-7-11-23)33-25-13-15-26(16-14-25)36(42(2,39)40)21-20-35-18-8-5-9-19-35/h4,6-7,10-17,22,29H,3,5,8-9,18-21H2,1-2H3,(H,34,37). The van der Waals surface area contributed by atoms with Gasteiger partial charge in [0, 0.05) is 18.8 Å². The van der Waals surface area contributed by atoms with Crippen molar-refractivity contribution < 1.29 is 22.7 Å². The van der Waals surface area contributed by atoms with Crippen LogP contribution in [0, 0.1) is 0 Å². The predicted octanol–water partition coefficient (Wildman–Crippen LogP) is 4.97. The topological polar surface area (TPSA) is 108 Å². The lowest BCUT2D eigenvalue weighted by Gasteiger charge is -2.30. The largest absolute Gasteiger partial charge is 0.462 e. The number of carbonyl (C=O) groups excluding carboxylic acids is 2. The summed E-state index contributed by atoms with van der Waals surface area (Å²) in [5.41, 5.74) is 4.12. The molecule has 3 aromatic carbocycles. The first kappa shape index (κ1) is 29.5. The number of rotatable bonds is 10. The Bertz CT molecular complexity index is 1570. The number of piperidine rings is 1. The number of aliphatic imine (C=N–C) groups is 1. The average molecular weight is 589 g/mol. The van der Waals surface area contributed by atoms with E-state index in [0.29, 0.717) is 47.0 Å². The minimum Gasteiger partial charge on any atom is -0.462 e. The number of ether oxygens (including phenoxy) is 1. The Hall–Kier alpha value is -4.02. The van der Waals surface area contributed by atoms with Crippen molar-refractivity contribution in [2.24, 2.45) is 4.99 Å². The highest BCUT2D eigenvalue weighted by Gasteiger charge is 2.36. The van der Waals surface area contributed by atoms with Crippen molar-refractivity contribution in [3.8, 4) is 0 Å². The summed E-state index contributed by atoms with van der Waals surface area (Å²) in [6.07, 6.45) is 4.74. The van der Waals surface area contributed by atoms with E-state index in [0.717, 1.165) is 31.5 Å². The molecule has 2 aliphatic rings. The zero-order chi connectivity index (χ0) is 29.7. The molecule has 0 radical (unpaired) electrons. The van der Waals surface area contributed by atoms with Gasteiger partial charge in [0.1, 0.15) is 5.92 Å². The van der Waals surface area contributed by atoms with Crippen LogP contribution in [0.3, 0.4) is 0 Å². The van der Waals surface area contributed by atoms with E-state index in [2.05, 4.69) is 10.2 Å². The molecule has 220 valence electrons. The van der Waals surface area contributed by atoms with Crippen LogP contribution in [0.5, 0.6) is 0 Å². The van der Waals surface area contributed by atoms with Crippen molar-refractivity contribution in [3.63, 3.8) is 0 Å². The number of amides is 1. The van der Waals surface area contributed by atoms with Crippen LogP contribution in [0.4, 0.5) is 17.1 Å². The van der Waals surface area contributed by atoms with Crippen LogP contribution in [-0.2, 0) is 19.6 Å². The molecule has 1 amide bonds. The van der Waals surface area contributed by atoms with Gasteiger partial charge in [0.15, 0.2) is 0 Å². The maximum Gasteiger partial charge on any atom is 0.338 e. The third-order valence-electron chi connectivity index (χ3n) is 7.59. The van der Waals surface area contributed by atoms with Crippen molar-refractivity contribution in [1.82, 2.24) is 4.90 Å². The van der Waals surface area contributed by atoms with Crippen molar-refractivity contribution >= 4 is 44.7 Å². The molecule has 0 saturated carbocycles. The van der Waals surface area contributed by atoms with Crippen LogP contribution < -0.4 is 9.62 Å². The maximum atomic E-state index is 13.3. The smallest absolute Gasteiger partial charge is 0.338 e. The van der Waals surface area contributed by atoms with Gasteiger partial charge in [0.2, 0.25) is 15.9 Å². The maximum absolute atomic E-state index is 13.3. The fraction of sp³-hybridized carbons (Fsp3) is 0.344. The quantitative estimate of drug-likeness (QED) is 0.265. The first-order chi connectivity index (χ1) is 20.2. The van der Waals surface area contributed by atoms with E-state index in [-0.39, 0.29) is 12.5 Å². The number of carbonyl (C=O) groups is 2. The van der Waals surface area contributed by atoms with Gasteiger partial charge in [-0.25, -0.2) is 13.2 Å². The normalized spacial score (nSPS) is 17.4. The Morgan fingerprint density at radius 1 is 1.00 bits per heavy atom. The van der Waals surface area contributed by atoms with Crippen LogP contribution in [0.25, 0.3) is 0 Å². The summed E-state index contributed by atoms with van der Waals surface area (Å²) in [7, 11) is -3.48. The highest BCUT2D eigenvalue weighted by atomic mass is 32.2. The van der Waals surface area contributed by atoms with Gasteiger partial charge in [-0.15, -0.1) is 0 Å². The number of hydrogen-bond donors (Lipinski definition) is 1. The third kappa shape index (κ3) is 6.71. The van der Waals surface area contributed by atoms with E-state index in [4.69, 9.17) is 9.73 Å². The Kier molecular flexibility index (Phi) is 9.03. The molecular weight excluding hydrogens is 552 g/mol. The van der Waals surface area contributed by atoms with E-state index in [1.54, 1.807) is 49.4 Å². The third-order valence-corrected chi connectivity index (χ3v) is 8.79. The molecule has 1 atom stereocenters. The molecule has 0 aromatic heterocycles. The van der Waals surface area contributed by atoms with Crippen molar-refractivity contribution in [2.45, 2.75) is 32.1 Å². The number of benzene rings is 3. The van der Waals surface area contributed by atoms with Crippen LogP contribution in [-0.4, -0.2) is 69.9 Å². The van der Waals surface area contributed by atoms with Gasteiger partial charge in [-0.05, 0) is 80.4 Å². The van der Waals surface area contributed by atoms with Crippen molar-refractivity contribution in [3.05, 3.63) is 89.5 Å². The number of likely N-dealkylation sites (tertiary alicyclic amines) is 1. The van der Waals surface area contributed by atoms with Gasteiger partial charge in [0.05, 0.1) is 35.5 Å². The fourth-order valence-electron chi connectivity index (χ4n) is 5.51. The molecule has 0 aliphatic carbocycles. The summed E-state index contributed by atoms with van der Waals surface area (Å²) < 4.78 is 31.9. The zero-order valence-corrected chi connectivity index (χ0v) is 24.8. The Labute approximate surface area is 247 Å². The van der Waals surface area contributed by atoms with Crippen LogP contribution >= 0.6 is 0 Å². The van der Waals surface area contributed by atoms with Gasteiger partial charge in [-0.1, -0.05) is 42.8 Å². The molecule has 1 unspecified atom stereocenters. The number of nitrogens with one attached hydrogen (secondary N) is 1. The molecule has 9 nitrogen and oxygen atoms in total. The zero-order valence-electron chi connectivity index (χ0n) is 24.0. The average Bonchev–Trinajstić information content (AvgIpc) is 3.31. The second-order valence-electron chi connectivity index (χ2n) is 10.6. The second-order valence-corrected chi connectivity index (χ2v) is 12.5. The lowest BCUT2D eigenvalue weighted by Crippen LogP contribution is -2.40. The van der Waals surface area contributed by atoms with Gasteiger partial charge in [-0.3, -0.25) is 14.1 Å². The van der Waals surface area contributed by atoms with Gasteiger partial charge in [-0.2, -0.15) is 0 Å². The van der Waals surface area contributed by atoms with E-state index in [1.807, 2.05) is 30.3 Å². The first-order valence-corrected chi connectivity index (χ1v) is 16.2. The molecule has 2 aliphatic heterocycles. The van der Waals surface area contributed by atoms with Crippen LogP contribution in [0.1, 0.15) is 53.6 Å². The molecule has 1 fully saturated rings. The van der Waals surface area contributed by atoms with E-state index >= 15 is 0 Å². The summed E-state index contributed by atoms with van der Waals surface area (Å²) in [5, 5.41) is 2.90. The van der Waals surface area contributed by atoms with Gasteiger partial charge >= 0.3 is 5.97 Å². The lowest BCUT2D eigenvalue weighted by molar-refractivity contribution is -0.115. The lowest BCUT2D eigenvalue weighted by atomic mass is 9.90. The summed E-state index contributed by atoms with van der Waals surface area (Å²) in [6, 6.07) is 21.6. The van der Waals surface area contributed by atoms with Crippen molar-refractivity contribution in [1.29, 1.82) is 0 Å². The minimum absolute atomic E-state index is 0.244.